The molecule has 0 spiro atoms. The van der Waals surface area contributed by atoms with E-state index in [1.54, 1.807) is 35.9 Å². The standard InChI is InChI=1S/C34H34N6OS2/c1-5-16-42-25-18-31(27-10-8-9-15-35-27)37-33(20-25)29-13-14-30(40-39-29)34-21-26(43-17-6-2)19-32(38-34)28-12-11-24(22-36-28)23(4)41-7-3/h8-15,18-22H,4-7,16-17H2,1-3H3. The van der Waals surface area contributed by atoms with Crippen LogP contribution in [0.25, 0.3) is 51.3 Å². The molecule has 218 valence electrons. The van der Waals surface area contributed by atoms with Gasteiger partial charge in [-0.05, 0) is 91.9 Å². The van der Waals surface area contributed by atoms with E-state index < -0.39 is 0 Å². The van der Waals surface area contributed by atoms with Crippen LogP contribution in [0.15, 0.2) is 95.5 Å². The zero-order valence-electron chi connectivity index (χ0n) is 24.7. The maximum absolute atomic E-state index is 5.53. The third-order valence-electron chi connectivity index (χ3n) is 6.33. The molecule has 5 rings (SSSR count). The van der Waals surface area contributed by atoms with Crippen molar-refractivity contribution in [2.24, 2.45) is 0 Å². The molecular weight excluding hydrogens is 573 g/mol. The lowest BCUT2D eigenvalue weighted by molar-refractivity contribution is 0.299. The van der Waals surface area contributed by atoms with Crippen molar-refractivity contribution in [3.63, 3.8) is 0 Å². The van der Waals surface area contributed by atoms with Gasteiger partial charge < -0.3 is 4.74 Å². The lowest BCUT2D eigenvalue weighted by atomic mass is 10.1. The van der Waals surface area contributed by atoms with Gasteiger partial charge in [0, 0.05) is 27.7 Å². The molecule has 0 aromatic carbocycles. The molecule has 0 saturated heterocycles. The zero-order chi connectivity index (χ0) is 30.0. The van der Waals surface area contributed by atoms with Crippen molar-refractivity contribution in [3.8, 4) is 45.6 Å². The molecule has 0 aliphatic carbocycles. The minimum Gasteiger partial charge on any atom is -0.494 e. The van der Waals surface area contributed by atoms with E-state index in [2.05, 4.69) is 64.9 Å². The maximum atomic E-state index is 5.53. The van der Waals surface area contributed by atoms with Crippen LogP contribution in [-0.2, 0) is 4.74 Å². The molecule has 0 aliphatic heterocycles. The molecule has 0 amide bonds. The highest BCUT2D eigenvalue weighted by Crippen LogP contribution is 2.31. The van der Waals surface area contributed by atoms with Crippen molar-refractivity contribution >= 4 is 29.3 Å². The van der Waals surface area contributed by atoms with E-state index in [-0.39, 0.29) is 0 Å². The van der Waals surface area contributed by atoms with Gasteiger partial charge in [0.1, 0.15) is 17.1 Å². The molecule has 9 heteroatoms. The molecule has 0 aliphatic rings. The first-order chi connectivity index (χ1) is 21.1. The summed E-state index contributed by atoms with van der Waals surface area (Å²) in [5.74, 6) is 2.63. The van der Waals surface area contributed by atoms with E-state index in [0.29, 0.717) is 23.8 Å². The summed E-state index contributed by atoms with van der Waals surface area (Å²) in [5, 5.41) is 9.20. The molecule has 5 heterocycles. The number of pyridine rings is 4. The summed E-state index contributed by atoms with van der Waals surface area (Å²) in [4.78, 5) is 21.2. The number of nitrogens with zero attached hydrogens (tertiary/aromatic N) is 6. The maximum Gasteiger partial charge on any atom is 0.120 e. The van der Waals surface area contributed by atoms with Gasteiger partial charge in [-0.3, -0.25) is 9.97 Å². The first-order valence-electron chi connectivity index (χ1n) is 14.4. The van der Waals surface area contributed by atoms with Crippen LogP contribution in [0.3, 0.4) is 0 Å². The van der Waals surface area contributed by atoms with E-state index >= 15 is 0 Å². The molecule has 5 aromatic heterocycles. The highest BCUT2D eigenvalue weighted by molar-refractivity contribution is 7.99. The lowest BCUT2D eigenvalue weighted by Crippen LogP contribution is -1.98. The first-order valence-corrected chi connectivity index (χ1v) is 16.4. The average Bonchev–Trinajstić information content (AvgIpc) is 3.06. The Kier molecular flexibility index (Phi) is 10.5. The van der Waals surface area contributed by atoms with E-state index in [1.165, 1.54) is 0 Å². The van der Waals surface area contributed by atoms with Crippen molar-refractivity contribution < 1.29 is 4.74 Å². The van der Waals surface area contributed by atoms with Gasteiger partial charge in [-0.25, -0.2) is 9.97 Å². The van der Waals surface area contributed by atoms with Crippen LogP contribution < -0.4 is 0 Å². The zero-order valence-corrected chi connectivity index (χ0v) is 26.3. The topological polar surface area (TPSA) is 86.6 Å². The van der Waals surface area contributed by atoms with Gasteiger partial charge in [-0.15, -0.1) is 33.7 Å². The van der Waals surface area contributed by atoms with Crippen LogP contribution in [-0.4, -0.2) is 48.2 Å². The van der Waals surface area contributed by atoms with E-state index in [9.17, 15) is 0 Å². The Morgan fingerprint density at radius 3 is 1.63 bits per heavy atom. The van der Waals surface area contributed by atoms with E-state index in [4.69, 9.17) is 14.7 Å². The normalized spacial score (nSPS) is 11.0. The second-order valence-corrected chi connectivity index (χ2v) is 12.0. The Morgan fingerprint density at radius 2 is 1.19 bits per heavy atom. The predicted octanol–water partition coefficient (Wildman–Crippen LogP) is 8.74. The molecule has 0 fully saturated rings. The second kappa shape index (κ2) is 14.9. The number of hydrogen-bond donors (Lipinski definition) is 0. The fourth-order valence-electron chi connectivity index (χ4n) is 4.23. The summed E-state index contributed by atoms with van der Waals surface area (Å²) in [6.07, 6.45) is 5.71. The third-order valence-corrected chi connectivity index (χ3v) is 8.69. The SMILES string of the molecule is C=C(OCC)c1ccc(-c2cc(SCCC)cc(-c3ccc(-c4cc(SCCC)cc(-c5ccccn5)n4)nn3)n2)nc1. The van der Waals surface area contributed by atoms with Crippen molar-refractivity contribution in [3.05, 3.63) is 91.3 Å². The van der Waals surface area contributed by atoms with Gasteiger partial charge in [0.05, 0.1) is 40.8 Å². The van der Waals surface area contributed by atoms with Crippen molar-refractivity contribution in [1.29, 1.82) is 0 Å². The Bertz CT molecular complexity index is 1660. The van der Waals surface area contributed by atoms with Crippen LogP contribution in [0, 0.1) is 0 Å². The van der Waals surface area contributed by atoms with Crippen LogP contribution in [0.5, 0.6) is 0 Å². The van der Waals surface area contributed by atoms with Crippen LogP contribution in [0.1, 0.15) is 39.2 Å². The Balaban J connectivity index is 1.48. The average molecular weight is 607 g/mol. The van der Waals surface area contributed by atoms with Crippen LogP contribution in [0.4, 0.5) is 0 Å². The molecular formula is C34H34N6OS2. The highest BCUT2D eigenvalue weighted by atomic mass is 32.2. The molecule has 5 aromatic rings. The number of ether oxygens (including phenoxy) is 1. The summed E-state index contributed by atoms with van der Waals surface area (Å²) in [7, 11) is 0. The Hall–Kier alpha value is -4.08. The lowest BCUT2D eigenvalue weighted by Gasteiger charge is -2.11. The minimum absolute atomic E-state index is 0.562. The van der Waals surface area contributed by atoms with Gasteiger partial charge in [-0.2, -0.15) is 0 Å². The largest absolute Gasteiger partial charge is 0.494 e. The van der Waals surface area contributed by atoms with E-state index in [0.717, 1.165) is 73.9 Å². The van der Waals surface area contributed by atoms with Gasteiger partial charge >= 0.3 is 0 Å². The Morgan fingerprint density at radius 1 is 0.651 bits per heavy atom. The summed E-state index contributed by atoms with van der Waals surface area (Å²) >= 11 is 3.60. The number of rotatable bonds is 13. The third kappa shape index (κ3) is 7.86. The predicted molar refractivity (Wildman–Crippen MR) is 178 cm³/mol. The summed E-state index contributed by atoms with van der Waals surface area (Å²) in [6.45, 7) is 10.8. The van der Waals surface area contributed by atoms with Crippen molar-refractivity contribution in [2.45, 2.75) is 43.4 Å². The molecule has 0 saturated carbocycles. The fraction of sp³-hybridized carbons (Fsp3) is 0.235. The molecule has 7 nitrogen and oxygen atoms in total. The highest BCUT2D eigenvalue weighted by Gasteiger charge is 2.14. The minimum atomic E-state index is 0.562. The van der Waals surface area contributed by atoms with Gasteiger partial charge in [0.2, 0.25) is 0 Å². The molecule has 0 atom stereocenters. The van der Waals surface area contributed by atoms with Crippen molar-refractivity contribution in [1.82, 2.24) is 30.1 Å². The number of aromatic nitrogens is 6. The monoisotopic (exact) mass is 606 g/mol. The van der Waals surface area contributed by atoms with Gasteiger partial charge in [0.15, 0.2) is 0 Å². The fourth-order valence-corrected chi connectivity index (χ4v) is 5.89. The van der Waals surface area contributed by atoms with Crippen LogP contribution >= 0.6 is 23.5 Å². The van der Waals surface area contributed by atoms with Crippen LogP contribution in [0.2, 0.25) is 0 Å². The van der Waals surface area contributed by atoms with E-state index in [1.807, 2.05) is 49.4 Å². The molecule has 0 unspecified atom stereocenters. The van der Waals surface area contributed by atoms with Gasteiger partial charge in [0.25, 0.3) is 0 Å². The second-order valence-electron chi connectivity index (χ2n) is 9.65. The number of hydrogen-bond acceptors (Lipinski definition) is 9. The number of thioether (sulfide) groups is 2. The van der Waals surface area contributed by atoms with Gasteiger partial charge in [-0.1, -0.05) is 26.5 Å². The molecule has 0 bridgehead atoms. The quantitative estimate of drug-likeness (QED) is 0.0964. The summed E-state index contributed by atoms with van der Waals surface area (Å²) in [6, 6.07) is 22.0. The smallest absolute Gasteiger partial charge is 0.120 e. The summed E-state index contributed by atoms with van der Waals surface area (Å²) < 4.78 is 5.53. The summed E-state index contributed by atoms with van der Waals surface area (Å²) in [5.41, 5.74) is 6.93. The van der Waals surface area contributed by atoms with Crippen molar-refractivity contribution in [2.75, 3.05) is 18.1 Å². The molecule has 0 N–H and O–H groups in total. The molecule has 43 heavy (non-hydrogen) atoms. The Labute approximate surface area is 261 Å². The molecule has 0 radical (unpaired) electrons. The first kappa shape index (κ1) is 30.4.